The molecule has 42 heavy (non-hydrogen) atoms. The maximum atomic E-state index is 11.1. The molecule has 0 bridgehead atoms. The lowest BCUT2D eigenvalue weighted by atomic mass is 10.1. The number of allylic oxidation sites excluding steroid dienone is 4. The van der Waals surface area contributed by atoms with E-state index in [0.717, 1.165) is 25.7 Å². The van der Waals surface area contributed by atoms with Crippen LogP contribution in [0.5, 0.6) is 0 Å². The van der Waals surface area contributed by atoms with Gasteiger partial charge in [-0.15, -0.1) is 0 Å². The summed E-state index contributed by atoms with van der Waals surface area (Å²) >= 11 is 0. The number of ether oxygens (including phenoxy) is 1. The molecular formula is C38H72O4. The molecule has 0 saturated carbocycles. The van der Waals surface area contributed by atoms with Gasteiger partial charge in [0.15, 0.2) is 0 Å². The van der Waals surface area contributed by atoms with Crippen molar-refractivity contribution in [2.45, 2.75) is 201 Å². The highest BCUT2D eigenvalue weighted by Gasteiger charge is 2.00. The third-order valence-electron chi connectivity index (χ3n) is 7.60. The van der Waals surface area contributed by atoms with Crippen molar-refractivity contribution in [2.75, 3.05) is 6.61 Å². The minimum atomic E-state index is -0.664. The molecule has 248 valence electrons. The molecule has 0 atom stereocenters. The average molecular weight is 593 g/mol. The van der Waals surface area contributed by atoms with Crippen molar-refractivity contribution >= 4 is 11.9 Å². The van der Waals surface area contributed by atoms with Crippen molar-refractivity contribution in [3.05, 3.63) is 24.3 Å². The molecule has 0 amide bonds. The molecule has 4 nitrogen and oxygen atoms in total. The van der Waals surface area contributed by atoms with Crippen LogP contribution in [0.3, 0.4) is 0 Å². The summed E-state index contributed by atoms with van der Waals surface area (Å²) in [5, 5.41) is 8.51. The van der Waals surface area contributed by atoms with Gasteiger partial charge in [0.25, 0.3) is 0 Å². The molecule has 1 N–H and O–H groups in total. The summed E-state index contributed by atoms with van der Waals surface area (Å²) in [5.41, 5.74) is 0. The predicted molar refractivity (Wildman–Crippen MR) is 183 cm³/mol. The molecule has 0 aliphatic rings. The van der Waals surface area contributed by atoms with Gasteiger partial charge in [-0.3, -0.25) is 9.59 Å². The average Bonchev–Trinajstić information content (AvgIpc) is 2.97. The van der Waals surface area contributed by atoms with Crippen LogP contribution in [0.1, 0.15) is 201 Å². The van der Waals surface area contributed by atoms with Crippen molar-refractivity contribution in [1.82, 2.24) is 0 Å². The first-order valence-corrected chi connectivity index (χ1v) is 18.3. The van der Waals surface area contributed by atoms with E-state index in [-0.39, 0.29) is 5.97 Å². The van der Waals surface area contributed by atoms with Crippen molar-refractivity contribution in [3.63, 3.8) is 0 Å². The van der Waals surface area contributed by atoms with E-state index in [1.807, 2.05) is 6.92 Å². The first-order chi connectivity index (χ1) is 20.6. The minimum Gasteiger partial charge on any atom is -0.481 e. The van der Waals surface area contributed by atoms with Crippen LogP contribution in [-0.4, -0.2) is 23.7 Å². The van der Waals surface area contributed by atoms with Crippen LogP contribution in [0.4, 0.5) is 0 Å². The number of carboxylic acid groups (broad SMARTS) is 1. The number of carbonyl (C=O) groups is 2. The van der Waals surface area contributed by atoms with E-state index < -0.39 is 5.97 Å². The van der Waals surface area contributed by atoms with Gasteiger partial charge in [0.05, 0.1) is 6.61 Å². The van der Waals surface area contributed by atoms with Crippen LogP contribution in [-0.2, 0) is 14.3 Å². The van der Waals surface area contributed by atoms with Gasteiger partial charge in [-0.05, 0) is 71.1 Å². The topological polar surface area (TPSA) is 63.6 Å². The summed E-state index contributed by atoms with van der Waals surface area (Å²) in [4.78, 5) is 21.5. The summed E-state index contributed by atoms with van der Waals surface area (Å²) in [5.74, 6) is -0.706. The maximum Gasteiger partial charge on any atom is 0.305 e. The highest BCUT2D eigenvalue weighted by Crippen LogP contribution is 2.11. The van der Waals surface area contributed by atoms with Gasteiger partial charge < -0.3 is 9.84 Å². The van der Waals surface area contributed by atoms with Crippen molar-refractivity contribution < 1.29 is 19.4 Å². The van der Waals surface area contributed by atoms with Gasteiger partial charge >= 0.3 is 11.9 Å². The summed E-state index contributed by atoms with van der Waals surface area (Å²) in [6, 6.07) is 0. The van der Waals surface area contributed by atoms with Crippen LogP contribution >= 0.6 is 0 Å². The van der Waals surface area contributed by atoms with Crippen LogP contribution in [0.25, 0.3) is 0 Å². The fourth-order valence-electron chi connectivity index (χ4n) is 4.92. The molecule has 0 fully saturated rings. The predicted octanol–water partition coefficient (Wildman–Crippen LogP) is 12.7. The molecule has 0 aromatic rings. The molecule has 0 aliphatic heterocycles. The molecule has 0 aliphatic carbocycles. The summed E-state index contributed by atoms with van der Waals surface area (Å²) in [6.07, 6.45) is 43.3. The third kappa shape index (κ3) is 42.9. The van der Waals surface area contributed by atoms with E-state index in [9.17, 15) is 9.59 Å². The van der Waals surface area contributed by atoms with E-state index in [1.54, 1.807) is 0 Å². The Morgan fingerprint density at radius 1 is 0.452 bits per heavy atom. The molecule has 0 rings (SSSR count). The Balaban J connectivity index is 0. The molecule has 0 saturated heterocycles. The number of esters is 1. The first kappa shape index (κ1) is 42.6. The second-order valence-corrected chi connectivity index (χ2v) is 11.9. The van der Waals surface area contributed by atoms with Crippen LogP contribution in [0, 0.1) is 0 Å². The lowest BCUT2D eigenvalue weighted by molar-refractivity contribution is -0.143. The van der Waals surface area contributed by atoms with Gasteiger partial charge in [-0.25, -0.2) is 0 Å². The Kier molecular flexibility index (Phi) is 39.9. The number of carbonyl (C=O) groups excluding carboxylic acids is 1. The number of unbranched alkanes of at least 4 members (excludes halogenated alkanes) is 22. The molecular weight excluding hydrogens is 520 g/mol. The number of carboxylic acids is 1. The van der Waals surface area contributed by atoms with Crippen molar-refractivity contribution in [3.8, 4) is 0 Å². The van der Waals surface area contributed by atoms with Gasteiger partial charge in [-0.2, -0.15) is 0 Å². The standard InChI is InChI=1S/C20H38O2.C18H34O2/c1-3-5-6-7-8-9-10-11-12-13-14-15-16-17-18-19-20(21)22-4-2;1-2-3-4-5-6-7-8-9-10-11-12-13-14-15-16-17-18(19)20/h11-12H,3-10,13-19H2,1-2H3;9-10H,2-8,11-17H2,1H3,(H,19,20)/b12-11-;. The smallest absolute Gasteiger partial charge is 0.305 e. The zero-order chi connectivity index (χ0) is 31.2. The Morgan fingerprint density at radius 3 is 1.10 bits per heavy atom. The van der Waals surface area contributed by atoms with Crippen molar-refractivity contribution in [1.29, 1.82) is 0 Å². The molecule has 0 aromatic heterocycles. The second-order valence-electron chi connectivity index (χ2n) is 11.9. The minimum absolute atomic E-state index is 0.0415. The fourth-order valence-corrected chi connectivity index (χ4v) is 4.92. The zero-order valence-corrected chi connectivity index (χ0v) is 28.5. The van der Waals surface area contributed by atoms with Crippen LogP contribution < -0.4 is 0 Å². The Morgan fingerprint density at radius 2 is 0.762 bits per heavy atom. The molecule has 0 unspecified atom stereocenters. The van der Waals surface area contributed by atoms with Crippen molar-refractivity contribution in [2.24, 2.45) is 0 Å². The zero-order valence-electron chi connectivity index (χ0n) is 28.5. The molecule has 0 spiro atoms. The molecule has 0 heterocycles. The van der Waals surface area contributed by atoms with E-state index in [4.69, 9.17) is 9.84 Å². The first-order valence-electron chi connectivity index (χ1n) is 18.3. The normalized spacial score (nSPS) is 11.2. The lowest BCUT2D eigenvalue weighted by Gasteiger charge is -2.01. The largest absolute Gasteiger partial charge is 0.481 e. The van der Waals surface area contributed by atoms with E-state index >= 15 is 0 Å². The third-order valence-corrected chi connectivity index (χ3v) is 7.60. The quantitative estimate of drug-likeness (QED) is 0.0494. The van der Waals surface area contributed by atoms with Gasteiger partial charge in [0.2, 0.25) is 0 Å². The Hall–Kier alpha value is -1.58. The number of aliphatic carboxylic acids is 1. The van der Waals surface area contributed by atoms with Gasteiger partial charge in [0.1, 0.15) is 0 Å². The summed E-state index contributed by atoms with van der Waals surface area (Å²) < 4.78 is 4.91. The number of rotatable bonds is 31. The SMILES string of the molecule is CCCCCCCC/C=C\CCCCCCCC(=O)OCC.CCCCCCCCC=CCCCCCCCC(=O)O. The molecule has 4 heteroatoms. The van der Waals surface area contributed by atoms with E-state index in [2.05, 4.69) is 38.2 Å². The summed E-state index contributed by atoms with van der Waals surface area (Å²) in [7, 11) is 0. The Labute approximate surface area is 262 Å². The second kappa shape index (κ2) is 39.4. The van der Waals surface area contributed by atoms with E-state index in [0.29, 0.717) is 19.4 Å². The van der Waals surface area contributed by atoms with Gasteiger partial charge in [-0.1, -0.05) is 141 Å². The number of hydrogen-bond donors (Lipinski definition) is 1. The maximum absolute atomic E-state index is 11.1. The van der Waals surface area contributed by atoms with E-state index in [1.165, 1.54) is 141 Å². The fraction of sp³-hybridized carbons (Fsp3) is 0.842. The Bertz CT molecular complexity index is 596. The monoisotopic (exact) mass is 593 g/mol. The molecule has 0 aromatic carbocycles. The van der Waals surface area contributed by atoms with Crippen LogP contribution in [0.2, 0.25) is 0 Å². The van der Waals surface area contributed by atoms with Gasteiger partial charge in [0, 0.05) is 12.8 Å². The summed E-state index contributed by atoms with van der Waals surface area (Å²) in [6.45, 7) is 6.89. The van der Waals surface area contributed by atoms with Crippen LogP contribution in [0.15, 0.2) is 24.3 Å². The highest BCUT2D eigenvalue weighted by atomic mass is 16.5. The lowest BCUT2D eigenvalue weighted by Crippen LogP contribution is -2.03. The molecule has 0 radical (unpaired) electrons. The highest BCUT2D eigenvalue weighted by molar-refractivity contribution is 5.69. The number of hydrogen-bond acceptors (Lipinski definition) is 3.